The van der Waals surface area contributed by atoms with Gasteiger partial charge in [-0.15, -0.1) is 0 Å². The summed E-state index contributed by atoms with van der Waals surface area (Å²) in [6, 6.07) is 11.5. The summed E-state index contributed by atoms with van der Waals surface area (Å²) in [5.74, 6) is 0. The molecule has 1 heterocycles. The molecule has 1 atom stereocenters. The molecular weight excluding hydrogens is 188 g/mol. The Hall–Kier alpha value is -1.51. The molecule has 1 aliphatic heterocycles. The van der Waals surface area contributed by atoms with Crippen molar-refractivity contribution >= 4 is 6.02 Å². The molecule has 0 aromatic heterocycles. The maximum atomic E-state index is 5.30. The summed E-state index contributed by atoms with van der Waals surface area (Å²) in [7, 11) is 0. The smallest absolute Gasteiger partial charge is 0.285 e. The lowest BCUT2D eigenvalue weighted by Crippen LogP contribution is -2.34. The highest BCUT2D eigenvalue weighted by Gasteiger charge is 2.10. The highest BCUT2D eigenvalue weighted by molar-refractivity contribution is 5.75. The van der Waals surface area contributed by atoms with Crippen molar-refractivity contribution in [2.45, 2.75) is 19.4 Å². The standard InChI is InChI=1S/C12H16N2O/c1-10(14-12-13-7-8-15-12)9-11-5-3-2-4-6-11/h2-6,10H,7-9H2,1H3,(H,13,14)/t10-/m0/s1. The third-order valence-electron chi connectivity index (χ3n) is 2.34. The highest BCUT2D eigenvalue weighted by Crippen LogP contribution is 2.03. The summed E-state index contributed by atoms with van der Waals surface area (Å²) in [5, 5.41) is 3.26. The monoisotopic (exact) mass is 204 g/mol. The summed E-state index contributed by atoms with van der Waals surface area (Å²) in [6.45, 7) is 3.62. The van der Waals surface area contributed by atoms with Crippen molar-refractivity contribution in [3.8, 4) is 0 Å². The van der Waals surface area contributed by atoms with Gasteiger partial charge in [0.15, 0.2) is 0 Å². The van der Waals surface area contributed by atoms with Gasteiger partial charge in [-0.1, -0.05) is 30.3 Å². The van der Waals surface area contributed by atoms with Gasteiger partial charge >= 0.3 is 0 Å². The molecule has 0 bridgehead atoms. The molecule has 1 aliphatic rings. The lowest BCUT2D eigenvalue weighted by Gasteiger charge is -2.14. The van der Waals surface area contributed by atoms with E-state index in [9.17, 15) is 0 Å². The van der Waals surface area contributed by atoms with E-state index in [4.69, 9.17) is 4.74 Å². The summed E-state index contributed by atoms with van der Waals surface area (Å²) >= 11 is 0. The van der Waals surface area contributed by atoms with Crippen LogP contribution in [-0.4, -0.2) is 25.2 Å². The van der Waals surface area contributed by atoms with Gasteiger partial charge in [0.05, 0.1) is 6.54 Å². The average Bonchev–Trinajstić information content (AvgIpc) is 2.71. The summed E-state index contributed by atoms with van der Waals surface area (Å²) in [6.07, 6.45) is 0.989. The van der Waals surface area contributed by atoms with E-state index in [1.165, 1.54) is 5.56 Å². The van der Waals surface area contributed by atoms with Crippen molar-refractivity contribution in [3.05, 3.63) is 35.9 Å². The zero-order valence-corrected chi connectivity index (χ0v) is 8.94. The van der Waals surface area contributed by atoms with Crippen LogP contribution in [0.4, 0.5) is 0 Å². The van der Waals surface area contributed by atoms with E-state index < -0.39 is 0 Å². The third-order valence-corrected chi connectivity index (χ3v) is 2.34. The van der Waals surface area contributed by atoms with Crippen molar-refractivity contribution < 1.29 is 4.74 Å². The fourth-order valence-electron chi connectivity index (χ4n) is 1.65. The van der Waals surface area contributed by atoms with E-state index in [1.807, 2.05) is 6.07 Å². The largest absolute Gasteiger partial charge is 0.463 e. The van der Waals surface area contributed by atoms with E-state index in [0.717, 1.165) is 13.0 Å². The number of hydrogen-bond acceptors (Lipinski definition) is 3. The Kier molecular flexibility index (Phi) is 3.22. The van der Waals surface area contributed by atoms with E-state index in [-0.39, 0.29) is 0 Å². The Bertz CT molecular complexity index is 335. The molecule has 1 aromatic rings. The molecule has 0 spiro atoms. The van der Waals surface area contributed by atoms with Crippen LogP contribution in [0.15, 0.2) is 35.3 Å². The van der Waals surface area contributed by atoms with Crippen LogP contribution >= 0.6 is 0 Å². The molecule has 0 unspecified atom stereocenters. The topological polar surface area (TPSA) is 33.6 Å². The zero-order valence-electron chi connectivity index (χ0n) is 8.94. The first-order valence-electron chi connectivity index (χ1n) is 5.32. The molecule has 2 rings (SSSR count). The number of benzene rings is 1. The maximum absolute atomic E-state index is 5.30. The molecule has 0 amide bonds. The third kappa shape index (κ3) is 2.98. The normalized spacial score (nSPS) is 16.7. The Morgan fingerprint density at radius 2 is 2.20 bits per heavy atom. The van der Waals surface area contributed by atoms with Crippen LogP contribution in [0.1, 0.15) is 12.5 Å². The van der Waals surface area contributed by atoms with Gasteiger partial charge in [0.1, 0.15) is 6.61 Å². The fraction of sp³-hybridized carbons (Fsp3) is 0.417. The van der Waals surface area contributed by atoms with Crippen molar-refractivity contribution in [1.29, 1.82) is 0 Å². The van der Waals surface area contributed by atoms with Crippen molar-refractivity contribution in [2.75, 3.05) is 13.2 Å². The molecule has 0 radical (unpaired) electrons. The second-order valence-electron chi connectivity index (χ2n) is 3.77. The van der Waals surface area contributed by atoms with Crippen LogP contribution in [0.2, 0.25) is 0 Å². The number of nitrogens with zero attached hydrogens (tertiary/aromatic N) is 1. The van der Waals surface area contributed by atoms with Gasteiger partial charge in [-0.3, -0.25) is 0 Å². The van der Waals surface area contributed by atoms with Crippen LogP contribution in [0.3, 0.4) is 0 Å². The quantitative estimate of drug-likeness (QED) is 0.811. The molecule has 3 heteroatoms. The van der Waals surface area contributed by atoms with Crippen LogP contribution in [0.25, 0.3) is 0 Å². The van der Waals surface area contributed by atoms with Crippen molar-refractivity contribution in [1.82, 2.24) is 5.32 Å². The Balaban J connectivity index is 1.84. The molecular formula is C12H16N2O. The van der Waals surface area contributed by atoms with Gasteiger partial charge in [0.25, 0.3) is 6.02 Å². The lowest BCUT2D eigenvalue weighted by atomic mass is 10.1. The van der Waals surface area contributed by atoms with Gasteiger partial charge in [-0.25, -0.2) is 4.99 Å². The molecule has 1 N–H and O–H groups in total. The number of amidine groups is 1. The first kappa shape index (κ1) is 10.0. The first-order chi connectivity index (χ1) is 7.34. The summed E-state index contributed by atoms with van der Waals surface area (Å²) in [5.41, 5.74) is 1.33. The van der Waals surface area contributed by atoms with Gasteiger partial charge in [-0.05, 0) is 18.9 Å². The molecule has 3 nitrogen and oxygen atoms in total. The number of aliphatic imine (C=N–C) groups is 1. The van der Waals surface area contributed by atoms with E-state index in [0.29, 0.717) is 18.7 Å². The predicted molar refractivity (Wildman–Crippen MR) is 61.0 cm³/mol. The highest BCUT2D eigenvalue weighted by atomic mass is 16.5. The molecule has 0 aliphatic carbocycles. The minimum absolute atomic E-state index is 0.351. The average molecular weight is 204 g/mol. The molecule has 0 saturated carbocycles. The van der Waals surface area contributed by atoms with Gasteiger partial charge in [0, 0.05) is 6.04 Å². The number of rotatable bonds is 3. The minimum Gasteiger partial charge on any atom is -0.463 e. The SMILES string of the molecule is C[C@@H](Cc1ccccc1)NC1=NCCO1. The number of hydrogen-bond donors (Lipinski definition) is 1. The number of ether oxygens (including phenoxy) is 1. The lowest BCUT2D eigenvalue weighted by molar-refractivity contribution is 0.326. The molecule has 0 saturated heterocycles. The minimum atomic E-state index is 0.351. The van der Waals surface area contributed by atoms with Crippen LogP contribution in [-0.2, 0) is 11.2 Å². The van der Waals surface area contributed by atoms with Gasteiger partial charge in [0.2, 0.25) is 0 Å². The second kappa shape index (κ2) is 4.82. The Morgan fingerprint density at radius 1 is 1.40 bits per heavy atom. The van der Waals surface area contributed by atoms with E-state index >= 15 is 0 Å². The number of nitrogens with one attached hydrogen (secondary N) is 1. The van der Waals surface area contributed by atoms with E-state index in [2.05, 4.69) is 41.5 Å². The first-order valence-corrected chi connectivity index (χ1v) is 5.32. The molecule has 1 aromatic carbocycles. The van der Waals surface area contributed by atoms with Gasteiger partial charge < -0.3 is 10.1 Å². The van der Waals surface area contributed by atoms with Crippen molar-refractivity contribution in [3.63, 3.8) is 0 Å². The van der Waals surface area contributed by atoms with Crippen LogP contribution in [0, 0.1) is 0 Å². The fourth-order valence-corrected chi connectivity index (χ4v) is 1.65. The molecule has 15 heavy (non-hydrogen) atoms. The Morgan fingerprint density at radius 3 is 2.87 bits per heavy atom. The predicted octanol–water partition coefficient (Wildman–Crippen LogP) is 1.59. The zero-order chi connectivity index (χ0) is 10.5. The molecule has 80 valence electrons. The van der Waals surface area contributed by atoms with Crippen LogP contribution < -0.4 is 5.32 Å². The summed E-state index contributed by atoms with van der Waals surface area (Å²) < 4.78 is 5.30. The van der Waals surface area contributed by atoms with Crippen molar-refractivity contribution in [2.24, 2.45) is 4.99 Å². The van der Waals surface area contributed by atoms with Gasteiger partial charge in [-0.2, -0.15) is 0 Å². The Labute approximate surface area is 90.2 Å². The summed E-state index contributed by atoms with van der Waals surface area (Å²) in [4.78, 5) is 4.20. The maximum Gasteiger partial charge on any atom is 0.285 e. The second-order valence-corrected chi connectivity index (χ2v) is 3.77. The van der Waals surface area contributed by atoms with Crippen LogP contribution in [0.5, 0.6) is 0 Å². The molecule has 0 fully saturated rings. The van der Waals surface area contributed by atoms with E-state index in [1.54, 1.807) is 0 Å².